The molecule has 2 saturated carbocycles. The van der Waals surface area contributed by atoms with Crippen LogP contribution in [0.5, 0.6) is 0 Å². The van der Waals surface area contributed by atoms with Gasteiger partial charge in [0.25, 0.3) is 0 Å². The number of amides is 1. The van der Waals surface area contributed by atoms with Gasteiger partial charge in [0.2, 0.25) is 5.91 Å². The molecule has 2 aromatic rings. The van der Waals surface area contributed by atoms with E-state index < -0.39 is 0 Å². The predicted molar refractivity (Wildman–Crippen MR) is 97.5 cm³/mol. The van der Waals surface area contributed by atoms with Crippen molar-refractivity contribution in [2.75, 3.05) is 6.54 Å². The molecule has 1 atom stereocenters. The Bertz CT molecular complexity index is 784. The lowest BCUT2D eigenvalue weighted by atomic mass is 9.65. The Hall–Kier alpha value is -1.47. The Labute approximate surface area is 150 Å². The van der Waals surface area contributed by atoms with Gasteiger partial charge in [-0.15, -0.1) is 11.3 Å². The summed E-state index contributed by atoms with van der Waals surface area (Å²) in [7, 11) is 0. The third kappa shape index (κ3) is 2.73. The molecule has 0 aromatic carbocycles. The maximum absolute atomic E-state index is 12.7. The highest BCUT2D eigenvalue weighted by Crippen LogP contribution is 2.56. The molecule has 0 unspecified atom stereocenters. The van der Waals surface area contributed by atoms with Gasteiger partial charge in [-0.2, -0.15) is 5.10 Å². The van der Waals surface area contributed by atoms with Crippen LogP contribution in [0.3, 0.4) is 0 Å². The van der Waals surface area contributed by atoms with Gasteiger partial charge < -0.3 is 5.32 Å². The molecule has 24 heavy (non-hydrogen) atoms. The third-order valence-corrected chi connectivity index (χ3v) is 6.77. The maximum atomic E-state index is 12.7. The molecule has 2 N–H and O–H groups in total. The summed E-state index contributed by atoms with van der Waals surface area (Å²) in [5.41, 5.74) is 0.379. The summed E-state index contributed by atoms with van der Waals surface area (Å²) in [5, 5.41) is 12.3. The van der Waals surface area contributed by atoms with E-state index >= 15 is 0 Å². The highest BCUT2D eigenvalue weighted by atomic mass is 32.1. The fraction of sp³-hybridized carbons (Fsp3) is 0.588. The Morgan fingerprint density at radius 1 is 1.58 bits per heavy atom. The zero-order valence-electron chi connectivity index (χ0n) is 13.7. The van der Waals surface area contributed by atoms with Crippen LogP contribution in [-0.4, -0.2) is 27.2 Å². The van der Waals surface area contributed by atoms with Gasteiger partial charge >= 0.3 is 0 Å². The number of aromatic amines is 1. The molecule has 7 heteroatoms. The number of hydrogen-bond acceptors (Lipinski definition) is 4. The van der Waals surface area contributed by atoms with Gasteiger partial charge in [-0.05, 0) is 67.6 Å². The van der Waals surface area contributed by atoms with Crippen molar-refractivity contribution in [3.63, 3.8) is 0 Å². The summed E-state index contributed by atoms with van der Waals surface area (Å²) in [6.45, 7) is 2.70. The second-order valence-electron chi connectivity index (χ2n) is 7.08. The van der Waals surface area contributed by atoms with E-state index in [1.165, 1.54) is 32.1 Å². The lowest BCUT2D eigenvalue weighted by Crippen LogP contribution is -2.45. The first kappa shape index (κ1) is 16.0. The number of hydrogen-bond donors (Lipinski definition) is 2. The Balaban J connectivity index is 1.49. The molecule has 2 aliphatic carbocycles. The van der Waals surface area contributed by atoms with Crippen molar-refractivity contribution in [2.24, 2.45) is 11.3 Å². The van der Waals surface area contributed by atoms with Crippen molar-refractivity contribution in [1.82, 2.24) is 20.1 Å². The SMILES string of the molecule is C[C@H](C(=O)NCC1(C2CC2)CCC1)n1c(-c2cccs2)n[nH]c1=S. The molecule has 2 heterocycles. The molecule has 0 bridgehead atoms. The van der Waals surface area contributed by atoms with Crippen molar-refractivity contribution in [2.45, 2.75) is 45.1 Å². The minimum Gasteiger partial charge on any atom is -0.354 e. The average molecular weight is 363 g/mol. The van der Waals surface area contributed by atoms with E-state index in [1.807, 2.05) is 29.0 Å². The van der Waals surface area contributed by atoms with Crippen LogP contribution in [0.15, 0.2) is 17.5 Å². The quantitative estimate of drug-likeness (QED) is 0.766. The Kier molecular flexibility index (Phi) is 4.08. The van der Waals surface area contributed by atoms with Crippen molar-refractivity contribution in [1.29, 1.82) is 0 Å². The largest absolute Gasteiger partial charge is 0.354 e. The van der Waals surface area contributed by atoms with Gasteiger partial charge in [0.05, 0.1) is 4.88 Å². The molecule has 2 aliphatic rings. The van der Waals surface area contributed by atoms with Crippen LogP contribution in [0.1, 0.15) is 45.1 Å². The summed E-state index contributed by atoms with van der Waals surface area (Å²) < 4.78 is 2.31. The van der Waals surface area contributed by atoms with E-state index in [9.17, 15) is 4.79 Å². The summed E-state index contributed by atoms with van der Waals surface area (Å²) in [6, 6.07) is 3.60. The first-order valence-corrected chi connectivity index (χ1v) is 9.88. The predicted octanol–water partition coefficient (Wildman–Crippen LogP) is 3.93. The van der Waals surface area contributed by atoms with Crippen LogP contribution in [-0.2, 0) is 4.79 Å². The van der Waals surface area contributed by atoms with Gasteiger partial charge in [-0.25, -0.2) is 0 Å². The standard InChI is InChI=1S/C17H22N4OS2/c1-11(15(22)18-10-17(7-3-8-17)12-5-6-12)21-14(19-20-16(21)23)13-4-2-9-24-13/h2,4,9,11-12H,3,5-8,10H2,1H3,(H,18,22)(H,20,23)/t11-/m1/s1. The second-order valence-corrected chi connectivity index (χ2v) is 8.42. The smallest absolute Gasteiger partial charge is 0.242 e. The Morgan fingerprint density at radius 2 is 2.38 bits per heavy atom. The monoisotopic (exact) mass is 362 g/mol. The summed E-state index contributed by atoms with van der Waals surface area (Å²) in [4.78, 5) is 13.7. The number of carbonyl (C=O) groups excluding carboxylic acids is 1. The molecule has 0 aliphatic heterocycles. The summed E-state index contributed by atoms with van der Waals surface area (Å²) in [5.74, 6) is 1.59. The van der Waals surface area contributed by atoms with E-state index in [4.69, 9.17) is 12.2 Å². The van der Waals surface area contributed by atoms with Crippen LogP contribution >= 0.6 is 23.6 Å². The minimum absolute atomic E-state index is 0.0252. The van der Waals surface area contributed by atoms with Crippen LogP contribution in [0.2, 0.25) is 0 Å². The van der Waals surface area contributed by atoms with Crippen molar-refractivity contribution < 1.29 is 4.79 Å². The molecule has 2 aromatic heterocycles. The number of nitrogens with zero attached hydrogens (tertiary/aromatic N) is 2. The molecular formula is C17H22N4OS2. The van der Waals surface area contributed by atoms with Crippen LogP contribution < -0.4 is 5.32 Å². The van der Waals surface area contributed by atoms with Gasteiger partial charge in [0.15, 0.2) is 10.6 Å². The molecule has 5 nitrogen and oxygen atoms in total. The topological polar surface area (TPSA) is 62.7 Å². The summed E-state index contributed by atoms with van der Waals surface area (Å²) in [6.07, 6.45) is 6.49. The molecule has 0 saturated heterocycles. The van der Waals surface area contributed by atoms with Crippen molar-refractivity contribution in [3.8, 4) is 10.7 Å². The highest BCUT2D eigenvalue weighted by Gasteiger charge is 2.49. The number of nitrogens with one attached hydrogen (secondary N) is 2. The Morgan fingerprint density at radius 3 is 2.96 bits per heavy atom. The van der Waals surface area contributed by atoms with Gasteiger partial charge in [0, 0.05) is 6.54 Å². The van der Waals surface area contributed by atoms with E-state index in [0.29, 0.717) is 10.2 Å². The molecule has 2 fully saturated rings. The first-order valence-electron chi connectivity index (χ1n) is 8.59. The van der Waals surface area contributed by atoms with Crippen LogP contribution in [0.25, 0.3) is 10.7 Å². The van der Waals surface area contributed by atoms with Crippen molar-refractivity contribution in [3.05, 3.63) is 22.3 Å². The van der Waals surface area contributed by atoms with Crippen LogP contribution in [0, 0.1) is 16.1 Å². The highest BCUT2D eigenvalue weighted by molar-refractivity contribution is 7.71. The maximum Gasteiger partial charge on any atom is 0.242 e. The number of H-pyrrole nitrogens is 1. The van der Waals surface area contributed by atoms with Gasteiger partial charge in [-0.1, -0.05) is 12.5 Å². The van der Waals surface area contributed by atoms with Gasteiger partial charge in [-0.3, -0.25) is 14.5 Å². The normalized spacial score (nSPS) is 20.4. The lowest BCUT2D eigenvalue weighted by Gasteiger charge is -2.42. The van der Waals surface area contributed by atoms with E-state index in [-0.39, 0.29) is 11.9 Å². The van der Waals surface area contributed by atoms with Crippen LogP contribution in [0.4, 0.5) is 0 Å². The van der Waals surface area contributed by atoms with E-state index in [2.05, 4.69) is 15.5 Å². The number of aromatic nitrogens is 3. The lowest BCUT2D eigenvalue weighted by molar-refractivity contribution is -0.124. The third-order valence-electron chi connectivity index (χ3n) is 5.62. The van der Waals surface area contributed by atoms with Gasteiger partial charge in [0.1, 0.15) is 6.04 Å². The molecular weight excluding hydrogens is 340 g/mol. The van der Waals surface area contributed by atoms with Crippen molar-refractivity contribution >= 4 is 29.5 Å². The number of carbonyl (C=O) groups is 1. The fourth-order valence-electron chi connectivity index (χ4n) is 3.83. The fourth-order valence-corrected chi connectivity index (χ4v) is 4.83. The minimum atomic E-state index is -0.371. The van der Waals surface area contributed by atoms with E-state index in [1.54, 1.807) is 11.3 Å². The first-order chi connectivity index (χ1) is 11.6. The summed E-state index contributed by atoms with van der Waals surface area (Å²) >= 11 is 6.95. The second kappa shape index (κ2) is 6.11. The van der Waals surface area contributed by atoms with E-state index in [0.717, 1.165) is 23.2 Å². The zero-order valence-corrected chi connectivity index (χ0v) is 15.4. The average Bonchev–Trinajstić information content (AvgIpc) is 3.09. The number of thiophene rings is 1. The molecule has 128 valence electrons. The molecule has 4 rings (SSSR count). The zero-order chi connectivity index (χ0) is 16.7. The number of rotatable bonds is 6. The molecule has 0 radical (unpaired) electrons. The molecule has 0 spiro atoms. The molecule has 1 amide bonds.